The Labute approximate surface area is 77.8 Å². The molecule has 0 atom stereocenters. The van der Waals surface area contributed by atoms with Crippen molar-refractivity contribution in [3.05, 3.63) is 16.3 Å². The first kappa shape index (κ1) is 9.64. The third-order valence-electron chi connectivity index (χ3n) is 1.21. The molecule has 9 heteroatoms. The van der Waals surface area contributed by atoms with Crippen LogP contribution in [0.4, 0.5) is 17.5 Å². The number of hydrogen-bond acceptors (Lipinski definition) is 6. The van der Waals surface area contributed by atoms with Crippen LogP contribution in [0.5, 0.6) is 0 Å². The Hall–Kier alpha value is -2.45. The molecule has 1 rings (SSSR count). The van der Waals surface area contributed by atoms with Gasteiger partial charge in [0.15, 0.2) is 5.96 Å². The van der Waals surface area contributed by atoms with Gasteiger partial charge < -0.3 is 17.2 Å². The van der Waals surface area contributed by atoms with Crippen molar-refractivity contribution >= 4 is 23.4 Å². The van der Waals surface area contributed by atoms with Gasteiger partial charge in [-0.25, -0.2) is 4.98 Å². The molecular weight excluding hydrogens is 190 g/mol. The van der Waals surface area contributed by atoms with Crippen LogP contribution in [0, 0.1) is 10.1 Å². The second-order valence-corrected chi connectivity index (χ2v) is 2.23. The highest BCUT2D eigenvalue weighted by Crippen LogP contribution is 2.18. The second kappa shape index (κ2) is 3.51. The molecule has 74 valence electrons. The number of aliphatic imine (C=N–C) groups is 1. The van der Waals surface area contributed by atoms with Crippen molar-refractivity contribution in [3.63, 3.8) is 0 Å². The Bertz CT molecular complexity index is 397. The van der Waals surface area contributed by atoms with Gasteiger partial charge >= 0.3 is 5.69 Å². The van der Waals surface area contributed by atoms with Crippen molar-refractivity contribution < 1.29 is 4.92 Å². The summed E-state index contributed by atoms with van der Waals surface area (Å²) in [6.45, 7) is 0. The van der Waals surface area contributed by atoms with Gasteiger partial charge in [-0.1, -0.05) is 0 Å². The lowest BCUT2D eigenvalue weighted by Crippen LogP contribution is -2.22. The van der Waals surface area contributed by atoms with Crippen molar-refractivity contribution in [2.45, 2.75) is 0 Å². The van der Waals surface area contributed by atoms with E-state index in [4.69, 9.17) is 17.2 Å². The predicted octanol–water partition coefficient (Wildman–Crippen LogP) is -1.13. The van der Waals surface area contributed by atoms with Gasteiger partial charge in [-0.05, 0) is 0 Å². The van der Waals surface area contributed by atoms with Gasteiger partial charge in [-0.3, -0.25) is 10.1 Å². The maximum atomic E-state index is 10.3. The maximum Gasteiger partial charge on any atom is 0.329 e. The fraction of sp³-hybridized carbons (Fsp3) is 0. The molecule has 0 aliphatic heterocycles. The van der Waals surface area contributed by atoms with E-state index in [1.165, 1.54) is 0 Å². The minimum absolute atomic E-state index is 0.117. The molecule has 0 saturated carbocycles. The number of nitrogen functional groups attached to an aromatic ring is 1. The van der Waals surface area contributed by atoms with E-state index in [0.29, 0.717) is 0 Å². The molecular formula is C5H7N7O2. The number of hydrogen-bond donors (Lipinski definition) is 3. The van der Waals surface area contributed by atoms with Gasteiger partial charge in [0.05, 0.1) is 4.92 Å². The topological polar surface area (TPSA) is 159 Å². The van der Waals surface area contributed by atoms with Crippen molar-refractivity contribution in [3.8, 4) is 0 Å². The zero-order chi connectivity index (χ0) is 10.7. The van der Waals surface area contributed by atoms with E-state index in [9.17, 15) is 10.1 Å². The third kappa shape index (κ3) is 2.03. The molecule has 6 N–H and O–H groups in total. The largest absolute Gasteiger partial charge is 0.378 e. The molecule has 0 radical (unpaired) electrons. The van der Waals surface area contributed by atoms with Crippen molar-refractivity contribution in [2.24, 2.45) is 16.5 Å². The molecule has 0 aliphatic carbocycles. The Morgan fingerprint density at radius 2 is 2.21 bits per heavy atom. The van der Waals surface area contributed by atoms with Crippen LogP contribution in [-0.2, 0) is 0 Å². The molecule has 1 heterocycles. The highest BCUT2D eigenvalue weighted by atomic mass is 16.6. The van der Waals surface area contributed by atoms with Gasteiger partial charge in [0.2, 0.25) is 5.82 Å². The summed E-state index contributed by atoms with van der Waals surface area (Å²) in [5, 5.41) is 10.3. The molecule has 1 aromatic heterocycles. The molecule has 9 nitrogen and oxygen atoms in total. The lowest BCUT2D eigenvalue weighted by atomic mass is 10.5. The van der Waals surface area contributed by atoms with Crippen LogP contribution >= 0.6 is 0 Å². The van der Waals surface area contributed by atoms with Crippen LogP contribution in [-0.4, -0.2) is 20.9 Å². The zero-order valence-corrected chi connectivity index (χ0v) is 6.91. The second-order valence-electron chi connectivity index (χ2n) is 2.23. The van der Waals surface area contributed by atoms with Crippen LogP contribution in [0.1, 0.15) is 0 Å². The molecule has 0 unspecified atom stereocenters. The average Bonchev–Trinajstić information content (AvgIpc) is 2.01. The molecule has 0 saturated heterocycles. The molecule has 0 spiro atoms. The molecule has 14 heavy (non-hydrogen) atoms. The molecule has 0 bridgehead atoms. The van der Waals surface area contributed by atoms with Gasteiger partial charge in [-0.2, -0.15) is 9.98 Å². The maximum absolute atomic E-state index is 10.3. The normalized spacial score (nSPS) is 9.43. The lowest BCUT2D eigenvalue weighted by molar-refractivity contribution is -0.384. The first-order chi connectivity index (χ1) is 6.50. The summed E-state index contributed by atoms with van der Waals surface area (Å²) in [7, 11) is 0. The Kier molecular flexibility index (Phi) is 2.42. The van der Waals surface area contributed by atoms with E-state index in [-0.39, 0.29) is 23.4 Å². The average molecular weight is 197 g/mol. The number of rotatable bonds is 2. The SMILES string of the molecule is NC(N)=Nc1ncc([N+](=O)[O-])c(N)n1. The molecule has 0 aliphatic rings. The summed E-state index contributed by atoms with van der Waals surface area (Å²) in [6.07, 6.45) is 0.935. The molecule has 1 aromatic rings. The highest BCUT2D eigenvalue weighted by Gasteiger charge is 2.13. The van der Waals surface area contributed by atoms with Crippen LogP contribution in [0.3, 0.4) is 0 Å². The number of guanidine groups is 1. The highest BCUT2D eigenvalue weighted by molar-refractivity contribution is 5.78. The Morgan fingerprint density at radius 3 is 2.64 bits per heavy atom. The standard InChI is InChI=1S/C5H7N7O2/c6-3-2(12(13)14)1-9-5(10-3)11-4(7)8/h1H,(H6,6,7,8,9,10,11). The smallest absolute Gasteiger partial charge is 0.329 e. The minimum Gasteiger partial charge on any atom is -0.378 e. The summed E-state index contributed by atoms with van der Waals surface area (Å²) >= 11 is 0. The predicted molar refractivity (Wildman–Crippen MR) is 48.6 cm³/mol. The Morgan fingerprint density at radius 1 is 1.57 bits per heavy atom. The Balaban J connectivity index is 3.13. The first-order valence-electron chi connectivity index (χ1n) is 3.37. The minimum atomic E-state index is -0.700. The fourth-order valence-electron chi connectivity index (χ4n) is 0.689. The van der Waals surface area contributed by atoms with Crippen molar-refractivity contribution in [1.82, 2.24) is 9.97 Å². The van der Waals surface area contributed by atoms with Crippen molar-refractivity contribution in [1.29, 1.82) is 0 Å². The van der Waals surface area contributed by atoms with E-state index >= 15 is 0 Å². The van der Waals surface area contributed by atoms with E-state index < -0.39 is 4.92 Å². The summed E-state index contributed by atoms with van der Waals surface area (Å²) in [4.78, 5) is 20.1. The zero-order valence-electron chi connectivity index (χ0n) is 6.91. The summed E-state index contributed by atoms with van der Waals surface area (Å²) in [5.74, 6) is -0.656. The van der Waals surface area contributed by atoms with Gasteiger partial charge in [0, 0.05) is 0 Å². The lowest BCUT2D eigenvalue weighted by Gasteiger charge is -1.96. The van der Waals surface area contributed by atoms with Gasteiger partial charge in [-0.15, -0.1) is 0 Å². The van der Waals surface area contributed by atoms with Crippen LogP contribution in [0.15, 0.2) is 11.2 Å². The van der Waals surface area contributed by atoms with Crippen LogP contribution < -0.4 is 17.2 Å². The van der Waals surface area contributed by atoms with E-state index in [1.807, 2.05) is 0 Å². The number of nitrogens with two attached hydrogens (primary N) is 3. The quantitative estimate of drug-likeness (QED) is 0.234. The summed E-state index contributed by atoms with van der Waals surface area (Å²) < 4.78 is 0. The number of anilines is 1. The molecule has 0 aromatic carbocycles. The number of aromatic nitrogens is 2. The molecule has 0 amide bonds. The number of nitro groups is 1. The molecule has 0 fully saturated rings. The van der Waals surface area contributed by atoms with E-state index in [1.54, 1.807) is 0 Å². The third-order valence-corrected chi connectivity index (χ3v) is 1.21. The summed E-state index contributed by atoms with van der Waals surface area (Å²) in [5.41, 5.74) is 15.0. The van der Waals surface area contributed by atoms with E-state index in [0.717, 1.165) is 6.20 Å². The number of nitrogens with zero attached hydrogens (tertiary/aromatic N) is 4. The fourth-order valence-corrected chi connectivity index (χ4v) is 0.689. The van der Waals surface area contributed by atoms with Gasteiger partial charge in [0.1, 0.15) is 6.20 Å². The van der Waals surface area contributed by atoms with Crippen molar-refractivity contribution in [2.75, 3.05) is 5.73 Å². The first-order valence-corrected chi connectivity index (χ1v) is 3.37. The summed E-state index contributed by atoms with van der Waals surface area (Å²) in [6, 6.07) is 0. The van der Waals surface area contributed by atoms with Gasteiger partial charge in [0.25, 0.3) is 5.95 Å². The van der Waals surface area contributed by atoms with Crippen LogP contribution in [0.25, 0.3) is 0 Å². The van der Waals surface area contributed by atoms with E-state index in [2.05, 4.69) is 15.0 Å². The van der Waals surface area contributed by atoms with Crippen LogP contribution in [0.2, 0.25) is 0 Å². The monoisotopic (exact) mass is 197 g/mol.